The smallest absolute Gasteiger partial charge is 0.383 e. The Balaban J connectivity index is 2.27. The quantitative estimate of drug-likeness (QED) is 0.641. The minimum atomic E-state index is -4.31. The fraction of sp³-hybridized carbons (Fsp3) is 0.455. The summed E-state index contributed by atoms with van der Waals surface area (Å²) in [4.78, 5) is 0. The van der Waals surface area contributed by atoms with Gasteiger partial charge in [0.25, 0.3) is 0 Å². The van der Waals surface area contributed by atoms with Crippen LogP contribution in [0.2, 0.25) is 0 Å². The highest BCUT2D eigenvalue weighted by molar-refractivity contribution is 5.45. The molecule has 1 aromatic rings. The summed E-state index contributed by atoms with van der Waals surface area (Å²) in [6.45, 7) is 0.569. The van der Waals surface area contributed by atoms with Crippen LogP contribution in [-0.4, -0.2) is 25.9 Å². The van der Waals surface area contributed by atoms with Gasteiger partial charge in [0.05, 0.1) is 6.61 Å². The number of hydrogen-bond acceptors (Lipinski definition) is 2. The predicted molar refractivity (Wildman–Crippen MR) is 56.5 cm³/mol. The molecule has 0 radical (unpaired) electrons. The third-order valence-corrected chi connectivity index (χ3v) is 1.88. The molecule has 96 valence electrons. The second-order valence-electron chi connectivity index (χ2n) is 3.61. The predicted octanol–water partition coefficient (Wildman–Crippen LogP) is 3.12. The average molecular weight is 251 g/mol. The van der Waals surface area contributed by atoms with E-state index < -0.39 is 12.8 Å². The normalized spacial score (nSPS) is 11.6. The van der Waals surface area contributed by atoms with E-state index in [0.29, 0.717) is 5.69 Å². The van der Waals surface area contributed by atoms with Gasteiger partial charge < -0.3 is 10.1 Å². The Morgan fingerprint density at radius 3 is 2.53 bits per heavy atom. The summed E-state index contributed by atoms with van der Waals surface area (Å²) in [6.07, 6.45) is -4.31. The molecule has 0 saturated heterocycles. The van der Waals surface area contributed by atoms with Crippen LogP contribution in [0.1, 0.15) is 5.56 Å². The van der Waals surface area contributed by atoms with E-state index in [4.69, 9.17) is 0 Å². The Morgan fingerprint density at radius 1 is 1.24 bits per heavy atom. The lowest BCUT2D eigenvalue weighted by Crippen LogP contribution is -2.20. The summed E-state index contributed by atoms with van der Waals surface area (Å²) in [7, 11) is 0. The Labute approximate surface area is 96.6 Å². The van der Waals surface area contributed by atoms with Crippen molar-refractivity contribution >= 4 is 5.69 Å². The second kappa shape index (κ2) is 5.86. The molecule has 2 nitrogen and oxygen atoms in total. The fourth-order valence-corrected chi connectivity index (χ4v) is 1.29. The lowest BCUT2D eigenvalue weighted by atomic mass is 10.2. The summed E-state index contributed by atoms with van der Waals surface area (Å²) in [5.74, 6) is -0.385. The lowest BCUT2D eigenvalue weighted by molar-refractivity contribution is -0.172. The van der Waals surface area contributed by atoms with Gasteiger partial charge in [0, 0.05) is 12.2 Å². The third kappa shape index (κ3) is 6.11. The number of rotatable bonds is 5. The topological polar surface area (TPSA) is 21.3 Å². The number of anilines is 1. The van der Waals surface area contributed by atoms with Crippen molar-refractivity contribution in [2.45, 2.75) is 13.1 Å². The van der Waals surface area contributed by atoms with Gasteiger partial charge in [-0.15, -0.1) is 0 Å². The number of nitrogens with one attached hydrogen (secondary N) is 1. The summed E-state index contributed by atoms with van der Waals surface area (Å²) < 4.78 is 52.5. The fourth-order valence-electron chi connectivity index (χ4n) is 1.29. The molecule has 0 spiro atoms. The lowest BCUT2D eigenvalue weighted by Gasteiger charge is -2.09. The van der Waals surface area contributed by atoms with Crippen molar-refractivity contribution < 1.29 is 22.3 Å². The van der Waals surface area contributed by atoms with E-state index in [2.05, 4.69) is 10.1 Å². The van der Waals surface area contributed by atoms with Gasteiger partial charge in [-0.2, -0.15) is 13.2 Å². The third-order valence-electron chi connectivity index (χ3n) is 1.88. The highest BCUT2D eigenvalue weighted by Crippen LogP contribution is 2.15. The van der Waals surface area contributed by atoms with Crippen LogP contribution in [0.4, 0.5) is 23.2 Å². The summed E-state index contributed by atoms with van der Waals surface area (Å²) in [5.41, 5.74) is 1.27. The molecule has 1 N–H and O–H groups in total. The molecule has 0 unspecified atom stereocenters. The molecule has 0 heterocycles. The van der Waals surface area contributed by atoms with Gasteiger partial charge >= 0.3 is 6.18 Å². The van der Waals surface area contributed by atoms with Crippen molar-refractivity contribution in [3.8, 4) is 0 Å². The van der Waals surface area contributed by atoms with E-state index in [-0.39, 0.29) is 19.0 Å². The van der Waals surface area contributed by atoms with Gasteiger partial charge in [-0.25, -0.2) is 4.39 Å². The van der Waals surface area contributed by atoms with Gasteiger partial charge in [0.1, 0.15) is 12.4 Å². The van der Waals surface area contributed by atoms with Crippen molar-refractivity contribution in [1.82, 2.24) is 0 Å². The van der Waals surface area contributed by atoms with E-state index in [1.807, 2.05) is 0 Å². The van der Waals surface area contributed by atoms with Gasteiger partial charge in [-0.05, 0) is 30.7 Å². The maximum Gasteiger partial charge on any atom is 0.411 e. The Bertz CT molecular complexity index is 345. The van der Waals surface area contributed by atoms with E-state index in [9.17, 15) is 17.6 Å². The van der Waals surface area contributed by atoms with Crippen molar-refractivity contribution in [1.29, 1.82) is 0 Å². The molecule has 0 aromatic heterocycles. The molecule has 0 bridgehead atoms. The molecule has 0 amide bonds. The molecular formula is C11H13F4NO. The largest absolute Gasteiger partial charge is 0.411 e. The standard InChI is InChI=1S/C11H13F4NO/c1-8-4-9(12)6-10(5-8)16-2-3-17-7-11(13,14)15/h4-6,16H,2-3,7H2,1H3. The molecule has 0 atom stereocenters. The minimum absolute atomic E-state index is 0.0882. The van der Waals surface area contributed by atoms with Crippen molar-refractivity contribution in [3.05, 3.63) is 29.6 Å². The van der Waals surface area contributed by atoms with Crippen LogP contribution >= 0.6 is 0 Å². The molecule has 1 aromatic carbocycles. The van der Waals surface area contributed by atoms with E-state index >= 15 is 0 Å². The first-order valence-electron chi connectivity index (χ1n) is 5.02. The average Bonchev–Trinajstić information content (AvgIpc) is 2.13. The number of hydrogen-bond donors (Lipinski definition) is 1. The van der Waals surface area contributed by atoms with Crippen LogP contribution in [0.5, 0.6) is 0 Å². The highest BCUT2D eigenvalue weighted by atomic mass is 19.4. The van der Waals surface area contributed by atoms with Gasteiger partial charge in [0.2, 0.25) is 0 Å². The van der Waals surface area contributed by atoms with Gasteiger partial charge in [-0.3, -0.25) is 0 Å². The number of benzene rings is 1. The zero-order chi connectivity index (χ0) is 12.9. The first-order valence-corrected chi connectivity index (χ1v) is 5.02. The maximum atomic E-state index is 12.9. The monoisotopic (exact) mass is 251 g/mol. The van der Waals surface area contributed by atoms with Crippen molar-refractivity contribution in [2.75, 3.05) is 25.1 Å². The van der Waals surface area contributed by atoms with Crippen LogP contribution in [0.15, 0.2) is 18.2 Å². The van der Waals surface area contributed by atoms with Crippen molar-refractivity contribution in [2.24, 2.45) is 0 Å². The Morgan fingerprint density at radius 2 is 1.94 bits per heavy atom. The van der Waals surface area contributed by atoms with Crippen LogP contribution in [0.25, 0.3) is 0 Å². The van der Waals surface area contributed by atoms with Crippen LogP contribution in [-0.2, 0) is 4.74 Å². The van der Waals surface area contributed by atoms with Crippen LogP contribution in [0.3, 0.4) is 0 Å². The van der Waals surface area contributed by atoms with Crippen molar-refractivity contribution in [3.63, 3.8) is 0 Å². The second-order valence-corrected chi connectivity index (χ2v) is 3.61. The zero-order valence-electron chi connectivity index (χ0n) is 9.27. The summed E-state index contributed by atoms with van der Waals surface area (Å²) in [5, 5.41) is 2.78. The number of alkyl halides is 3. The Kier molecular flexibility index (Phi) is 4.74. The highest BCUT2D eigenvalue weighted by Gasteiger charge is 2.27. The number of aryl methyl sites for hydroxylation is 1. The number of halogens is 4. The van der Waals surface area contributed by atoms with Crippen LogP contribution < -0.4 is 5.32 Å². The first-order chi connectivity index (χ1) is 7.87. The minimum Gasteiger partial charge on any atom is -0.383 e. The molecule has 0 aliphatic carbocycles. The zero-order valence-corrected chi connectivity index (χ0v) is 9.27. The SMILES string of the molecule is Cc1cc(F)cc(NCCOCC(F)(F)F)c1. The van der Waals surface area contributed by atoms with Gasteiger partial charge in [0.15, 0.2) is 0 Å². The molecular weight excluding hydrogens is 238 g/mol. The Hall–Kier alpha value is -1.30. The molecule has 1 rings (SSSR count). The van der Waals surface area contributed by atoms with Gasteiger partial charge in [-0.1, -0.05) is 0 Å². The summed E-state index contributed by atoms with van der Waals surface area (Å²) >= 11 is 0. The van der Waals surface area contributed by atoms with Crippen LogP contribution in [0, 0.1) is 12.7 Å². The first kappa shape index (κ1) is 13.8. The molecule has 0 aliphatic rings. The maximum absolute atomic E-state index is 12.9. The molecule has 17 heavy (non-hydrogen) atoms. The number of ether oxygens (including phenoxy) is 1. The molecule has 0 aliphatic heterocycles. The molecule has 0 saturated carbocycles. The van der Waals surface area contributed by atoms with E-state index in [0.717, 1.165) is 5.56 Å². The van der Waals surface area contributed by atoms with E-state index in [1.54, 1.807) is 13.0 Å². The molecule has 0 fully saturated rings. The van der Waals surface area contributed by atoms with E-state index in [1.165, 1.54) is 12.1 Å². The summed E-state index contributed by atoms with van der Waals surface area (Å²) in [6, 6.07) is 4.34. The molecule has 6 heteroatoms.